The number of rotatable bonds is 8. The van der Waals surface area contributed by atoms with Crippen molar-refractivity contribution in [1.29, 1.82) is 0 Å². The number of aliphatic carboxylic acids is 1. The molecule has 3 N–H and O–H groups in total. The summed E-state index contributed by atoms with van der Waals surface area (Å²) in [5, 5.41) is 15.2. The highest BCUT2D eigenvalue weighted by molar-refractivity contribution is 5.80. The Kier molecular flexibility index (Phi) is 5.12. The minimum Gasteiger partial charge on any atom is -0.481 e. The predicted octanol–water partition coefficient (Wildman–Crippen LogP) is 0.971. The number of amides is 1. The first-order valence-corrected chi connectivity index (χ1v) is 6.94. The van der Waals surface area contributed by atoms with Gasteiger partial charge in [0.2, 0.25) is 5.91 Å². The maximum absolute atomic E-state index is 11.4. The summed E-state index contributed by atoms with van der Waals surface area (Å²) in [4.78, 5) is 22.7. The van der Waals surface area contributed by atoms with Gasteiger partial charge >= 0.3 is 5.97 Å². The molecule has 5 heteroatoms. The highest BCUT2D eigenvalue weighted by Gasteiger charge is 2.29. The molecule has 1 aliphatic carbocycles. The summed E-state index contributed by atoms with van der Waals surface area (Å²) in [7, 11) is 0. The number of carboxylic acids is 1. The molecule has 108 valence electrons. The summed E-state index contributed by atoms with van der Waals surface area (Å²) in [6, 6.07) is 9.16. The molecule has 1 aromatic carbocycles. The third kappa shape index (κ3) is 4.35. The summed E-state index contributed by atoms with van der Waals surface area (Å²) in [5.41, 5.74) is 0.787. The Morgan fingerprint density at radius 1 is 1.20 bits per heavy atom. The first-order chi connectivity index (χ1) is 9.68. The molecular formula is C15H20N2O3. The van der Waals surface area contributed by atoms with Crippen molar-refractivity contribution >= 4 is 11.9 Å². The molecule has 0 saturated heterocycles. The fourth-order valence-electron chi connectivity index (χ4n) is 2.04. The molecule has 2 rings (SSSR count). The van der Waals surface area contributed by atoms with Crippen molar-refractivity contribution in [2.75, 3.05) is 19.6 Å². The molecule has 0 heterocycles. The van der Waals surface area contributed by atoms with E-state index in [0.717, 1.165) is 18.4 Å². The van der Waals surface area contributed by atoms with Gasteiger partial charge in [-0.05, 0) is 18.4 Å². The summed E-state index contributed by atoms with van der Waals surface area (Å²) in [6.45, 7) is 1.48. The fourth-order valence-corrected chi connectivity index (χ4v) is 2.04. The normalized spacial score (nSPS) is 15.6. The summed E-state index contributed by atoms with van der Waals surface area (Å²) >= 11 is 0. The van der Waals surface area contributed by atoms with Crippen LogP contribution in [0.15, 0.2) is 30.3 Å². The van der Waals surface area contributed by atoms with Gasteiger partial charge in [0.15, 0.2) is 0 Å². The lowest BCUT2D eigenvalue weighted by Gasteiger charge is -2.14. The van der Waals surface area contributed by atoms with Crippen LogP contribution >= 0.6 is 0 Å². The SMILES string of the molecule is O=C(NCCNCC(C(=O)O)c1ccccc1)C1CC1. The maximum atomic E-state index is 11.4. The Morgan fingerprint density at radius 2 is 1.90 bits per heavy atom. The molecule has 1 aliphatic rings. The Morgan fingerprint density at radius 3 is 2.50 bits per heavy atom. The summed E-state index contributed by atoms with van der Waals surface area (Å²) in [5.74, 6) is -1.07. The van der Waals surface area contributed by atoms with Crippen LogP contribution in [0.1, 0.15) is 24.3 Å². The lowest BCUT2D eigenvalue weighted by Crippen LogP contribution is -2.35. The number of carboxylic acid groups (broad SMARTS) is 1. The van der Waals surface area contributed by atoms with Crippen LogP contribution in [0.25, 0.3) is 0 Å². The van der Waals surface area contributed by atoms with Crippen molar-refractivity contribution in [3.8, 4) is 0 Å². The van der Waals surface area contributed by atoms with Gasteiger partial charge in [-0.25, -0.2) is 0 Å². The zero-order valence-electron chi connectivity index (χ0n) is 11.3. The van der Waals surface area contributed by atoms with E-state index in [-0.39, 0.29) is 11.8 Å². The van der Waals surface area contributed by atoms with E-state index in [1.807, 2.05) is 30.3 Å². The molecule has 20 heavy (non-hydrogen) atoms. The molecule has 1 aromatic rings. The Labute approximate surface area is 118 Å². The monoisotopic (exact) mass is 276 g/mol. The molecule has 1 amide bonds. The maximum Gasteiger partial charge on any atom is 0.312 e. The van der Waals surface area contributed by atoms with Crippen LogP contribution in [0.2, 0.25) is 0 Å². The molecule has 0 aliphatic heterocycles. The molecule has 0 spiro atoms. The first kappa shape index (κ1) is 14.5. The third-order valence-electron chi connectivity index (χ3n) is 3.40. The average Bonchev–Trinajstić information content (AvgIpc) is 3.27. The van der Waals surface area contributed by atoms with Crippen LogP contribution in [0.3, 0.4) is 0 Å². The van der Waals surface area contributed by atoms with Crippen molar-refractivity contribution in [1.82, 2.24) is 10.6 Å². The molecule has 0 aromatic heterocycles. The largest absolute Gasteiger partial charge is 0.481 e. The Hall–Kier alpha value is -1.88. The van der Waals surface area contributed by atoms with E-state index in [1.54, 1.807) is 0 Å². The van der Waals surface area contributed by atoms with Gasteiger partial charge < -0.3 is 15.7 Å². The quantitative estimate of drug-likeness (QED) is 0.618. The zero-order valence-corrected chi connectivity index (χ0v) is 11.3. The smallest absolute Gasteiger partial charge is 0.312 e. The molecule has 1 atom stereocenters. The first-order valence-electron chi connectivity index (χ1n) is 6.94. The van der Waals surface area contributed by atoms with Crippen molar-refractivity contribution < 1.29 is 14.7 Å². The van der Waals surface area contributed by atoms with Crippen molar-refractivity contribution in [3.05, 3.63) is 35.9 Å². The Balaban J connectivity index is 1.70. The van der Waals surface area contributed by atoms with E-state index < -0.39 is 11.9 Å². The molecule has 0 bridgehead atoms. The molecule has 1 unspecified atom stereocenters. The van der Waals surface area contributed by atoms with Gasteiger partial charge in [0.05, 0.1) is 5.92 Å². The number of hydrogen-bond donors (Lipinski definition) is 3. The standard InChI is InChI=1S/C15H20N2O3/c18-14(12-6-7-12)17-9-8-16-10-13(15(19)20)11-4-2-1-3-5-11/h1-5,12-13,16H,6-10H2,(H,17,18)(H,19,20). The zero-order chi connectivity index (χ0) is 14.4. The topological polar surface area (TPSA) is 78.4 Å². The third-order valence-corrected chi connectivity index (χ3v) is 3.40. The van der Waals surface area contributed by atoms with Crippen LogP contribution in [-0.4, -0.2) is 36.6 Å². The lowest BCUT2D eigenvalue weighted by molar-refractivity contribution is -0.138. The van der Waals surface area contributed by atoms with Gasteiger partial charge in [-0.3, -0.25) is 9.59 Å². The van der Waals surface area contributed by atoms with Crippen LogP contribution in [-0.2, 0) is 9.59 Å². The fraction of sp³-hybridized carbons (Fsp3) is 0.467. The van der Waals surface area contributed by atoms with E-state index in [1.165, 1.54) is 0 Å². The molecular weight excluding hydrogens is 256 g/mol. The van der Waals surface area contributed by atoms with Crippen LogP contribution in [0, 0.1) is 5.92 Å². The molecule has 0 radical (unpaired) electrons. The minimum absolute atomic E-state index is 0.115. The number of hydrogen-bond acceptors (Lipinski definition) is 3. The second kappa shape index (κ2) is 7.05. The molecule has 5 nitrogen and oxygen atoms in total. The van der Waals surface area contributed by atoms with E-state index in [4.69, 9.17) is 0 Å². The van der Waals surface area contributed by atoms with Gasteiger partial charge in [0.25, 0.3) is 0 Å². The van der Waals surface area contributed by atoms with Crippen LogP contribution in [0.4, 0.5) is 0 Å². The van der Waals surface area contributed by atoms with E-state index in [9.17, 15) is 14.7 Å². The summed E-state index contributed by atoms with van der Waals surface area (Å²) < 4.78 is 0. The van der Waals surface area contributed by atoms with Crippen molar-refractivity contribution in [2.45, 2.75) is 18.8 Å². The van der Waals surface area contributed by atoms with Gasteiger partial charge in [-0.15, -0.1) is 0 Å². The van der Waals surface area contributed by atoms with Crippen molar-refractivity contribution in [3.63, 3.8) is 0 Å². The second-order valence-electron chi connectivity index (χ2n) is 5.07. The highest BCUT2D eigenvalue weighted by Crippen LogP contribution is 2.28. The number of benzene rings is 1. The van der Waals surface area contributed by atoms with Gasteiger partial charge in [0.1, 0.15) is 0 Å². The minimum atomic E-state index is -0.842. The van der Waals surface area contributed by atoms with Crippen LogP contribution in [0.5, 0.6) is 0 Å². The molecule has 1 saturated carbocycles. The van der Waals surface area contributed by atoms with Gasteiger partial charge in [-0.1, -0.05) is 30.3 Å². The van der Waals surface area contributed by atoms with Crippen LogP contribution < -0.4 is 10.6 Å². The number of carbonyl (C=O) groups excluding carboxylic acids is 1. The number of nitrogens with one attached hydrogen (secondary N) is 2. The summed E-state index contributed by atoms with van der Waals surface area (Å²) in [6.07, 6.45) is 1.99. The number of carbonyl (C=O) groups is 2. The van der Waals surface area contributed by atoms with Gasteiger partial charge in [-0.2, -0.15) is 0 Å². The second-order valence-corrected chi connectivity index (χ2v) is 5.07. The van der Waals surface area contributed by atoms with Gasteiger partial charge in [0, 0.05) is 25.6 Å². The van der Waals surface area contributed by atoms with E-state index in [2.05, 4.69) is 10.6 Å². The van der Waals surface area contributed by atoms with Crippen molar-refractivity contribution in [2.24, 2.45) is 5.92 Å². The predicted molar refractivity (Wildman–Crippen MR) is 75.4 cm³/mol. The Bertz CT molecular complexity index is 457. The highest BCUT2D eigenvalue weighted by atomic mass is 16.4. The molecule has 1 fully saturated rings. The van der Waals surface area contributed by atoms with E-state index >= 15 is 0 Å². The lowest BCUT2D eigenvalue weighted by atomic mass is 9.99. The van der Waals surface area contributed by atoms with E-state index in [0.29, 0.717) is 19.6 Å². The average molecular weight is 276 g/mol.